The third-order valence-electron chi connectivity index (χ3n) is 7.03. The van der Waals surface area contributed by atoms with Crippen molar-refractivity contribution >= 4 is 27.5 Å². The monoisotopic (exact) mass is 517 g/mol. The predicted octanol–water partition coefficient (Wildman–Crippen LogP) is 5.01. The van der Waals surface area contributed by atoms with Crippen molar-refractivity contribution < 1.29 is 14.6 Å². The van der Waals surface area contributed by atoms with Gasteiger partial charge in [0.2, 0.25) is 5.95 Å². The number of hydrogen-bond donors (Lipinski definition) is 2. The Bertz CT molecular complexity index is 1350. The molecule has 37 heavy (non-hydrogen) atoms. The van der Waals surface area contributed by atoms with Crippen molar-refractivity contribution in [3.05, 3.63) is 59.6 Å². The lowest BCUT2D eigenvalue weighted by molar-refractivity contribution is 0.0254. The molecular formula is C28H31N5O3S. The zero-order chi connectivity index (χ0) is 25.0. The number of fused-ring (bicyclic) bond motifs is 1. The minimum absolute atomic E-state index is 0.171. The maximum absolute atomic E-state index is 9.74. The minimum atomic E-state index is -0.171. The van der Waals surface area contributed by atoms with Crippen LogP contribution in [0.4, 0.5) is 5.95 Å². The summed E-state index contributed by atoms with van der Waals surface area (Å²) < 4.78 is 12.7. The first-order valence-electron chi connectivity index (χ1n) is 13.0. The van der Waals surface area contributed by atoms with Gasteiger partial charge in [-0.15, -0.1) is 11.3 Å². The fourth-order valence-corrected chi connectivity index (χ4v) is 6.00. The normalized spacial score (nSPS) is 20.7. The lowest BCUT2D eigenvalue weighted by Gasteiger charge is -2.26. The molecule has 4 aromatic rings. The standard InChI is InChI=1S/C28H31N5O3S/c34-22-4-2-20(3-5-22)31-28-30-10-7-21(32-28)15-27-33-25-6-1-18(14-26(25)37-27)19-13-24(17-29-16-19)36-23-8-11-35-12-9-23/h1,6-7,10,13-14,16-17,20,22-23,34H,2-5,8-9,11-12,15H2,(H,30,31,32). The summed E-state index contributed by atoms with van der Waals surface area (Å²) in [6, 6.07) is 10.7. The zero-order valence-corrected chi connectivity index (χ0v) is 21.5. The molecule has 192 valence electrons. The molecule has 0 amide bonds. The first-order valence-corrected chi connectivity index (χ1v) is 13.9. The zero-order valence-electron chi connectivity index (χ0n) is 20.7. The second-order valence-electron chi connectivity index (χ2n) is 9.83. The van der Waals surface area contributed by atoms with Crippen LogP contribution in [-0.4, -0.2) is 56.5 Å². The maximum Gasteiger partial charge on any atom is 0.223 e. The molecular weight excluding hydrogens is 486 g/mol. The van der Waals surface area contributed by atoms with Crippen molar-refractivity contribution in [1.29, 1.82) is 0 Å². The molecule has 6 rings (SSSR count). The molecule has 3 aromatic heterocycles. The van der Waals surface area contributed by atoms with Gasteiger partial charge in [-0.1, -0.05) is 6.07 Å². The maximum atomic E-state index is 9.74. The van der Waals surface area contributed by atoms with E-state index in [9.17, 15) is 5.11 Å². The number of aliphatic hydroxyl groups is 1. The Morgan fingerprint density at radius 2 is 1.84 bits per heavy atom. The van der Waals surface area contributed by atoms with E-state index in [0.29, 0.717) is 18.4 Å². The van der Waals surface area contributed by atoms with Crippen molar-refractivity contribution in [3.8, 4) is 16.9 Å². The van der Waals surface area contributed by atoms with E-state index in [1.807, 2.05) is 12.3 Å². The molecule has 0 bridgehead atoms. The SMILES string of the molecule is OC1CCC(Nc2nccc(Cc3nc4ccc(-c5cncc(OC6CCOCC6)c5)cc4s3)n2)CC1. The summed E-state index contributed by atoms with van der Waals surface area (Å²) in [6.07, 6.45) is 11.5. The van der Waals surface area contributed by atoms with Gasteiger partial charge in [-0.25, -0.2) is 15.0 Å². The van der Waals surface area contributed by atoms with E-state index in [1.165, 1.54) is 0 Å². The van der Waals surface area contributed by atoms with E-state index in [-0.39, 0.29) is 12.2 Å². The first-order chi connectivity index (χ1) is 18.2. The number of aliphatic hydroxyl groups excluding tert-OH is 1. The molecule has 1 aliphatic carbocycles. The Kier molecular flexibility index (Phi) is 7.25. The predicted molar refractivity (Wildman–Crippen MR) is 144 cm³/mol. The van der Waals surface area contributed by atoms with Crippen molar-refractivity contribution in [1.82, 2.24) is 19.9 Å². The van der Waals surface area contributed by atoms with Crippen LogP contribution in [0.25, 0.3) is 21.3 Å². The summed E-state index contributed by atoms with van der Waals surface area (Å²) in [5, 5.41) is 14.2. The van der Waals surface area contributed by atoms with E-state index in [4.69, 9.17) is 19.4 Å². The van der Waals surface area contributed by atoms with E-state index < -0.39 is 0 Å². The van der Waals surface area contributed by atoms with Crippen molar-refractivity contribution in [2.45, 2.75) is 63.2 Å². The van der Waals surface area contributed by atoms with Gasteiger partial charge in [0.05, 0.1) is 46.4 Å². The summed E-state index contributed by atoms with van der Waals surface area (Å²) in [5.74, 6) is 1.45. The third-order valence-corrected chi connectivity index (χ3v) is 8.04. The highest BCUT2D eigenvalue weighted by atomic mass is 32.1. The van der Waals surface area contributed by atoms with Crippen LogP contribution in [0.1, 0.15) is 49.2 Å². The lowest BCUT2D eigenvalue weighted by Crippen LogP contribution is -2.29. The van der Waals surface area contributed by atoms with Crippen molar-refractivity contribution in [2.75, 3.05) is 18.5 Å². The summed E-state index contributed by atoms with van der Waals surface area (Å²) in [4.78, 5) is 18.4. The van der Waals surface area contributed by atoms with Crippen LogP contribution in [0.2, 0.25) is 0 Å². The van der Waals surface area contributed by atoms with Crippen LogP contribution < -0.4 is 10.1 Å². The number of ether oxygens (including phenoxy) is 2. The number of hydrogen-bond acceptors (Lipinski definition) is 9. The topological polar surface area (TPSA) is 102 Å². The van der Waals surface area contributed by atoms with Gasteiger partial charge in [0, 0.05) is 43.3 Å². The molecule has 0 atom stereocenters. The Morgan fingerprint density at radius 3 is 2.70 bits per heavy atom. The lowest BCUT2D eigenvalue weighted by atomic mass is 9.93. The number of aromatic nitrogens is 4. The molecule has 0 spiro atoms. The summed E-state index contributed by atoms with van der Waals surface area (Å²) in [5.41, 5.74) is 4.05. The number of pyridine rings is 1. The number of rotatable bonds is 7. The molecule has 2 aliphatic rings. The second kappa shape index (κ2) is 11.1. The van der Waals surface area contributed by atoms with Gasteiger partial charge in [0.1, 0.15) is 11.9 Å². The number of thiazole rings is 1. The van der Waals surface area contributed by atoms with Crippen molar-refractivity contribution in [2.24, 2.45) is 0 Å². The van der Waals surface area contributed by atoms with E-state index in [0.717, 1.165) is 89.5 Å². The summed E-state index contributed by atoms with van der Waals surface area (Å²) >= 11 is 1.69. The Balaban J connectivity index is 1.15. The molecule has 2 fully saturated rings. The van der Waals surface area contributed by atoms with Crippen LogP contribution in [0.15, 0.2) is 48.9 Å². The highest BCUT2D eigenvalue weighted by Crippen LogP contribution is 2.31. The second-order valence-corrected chi connectivity index (χ2v) is 10.9. The number of nitrogens with zero attached hydrogens (tertiary/aromatic N) is 4. The van der Waals surface area contributed by atoms with Crippen LogP contribution in [0.5, 0.6) is 5.75 Å². The largest absolute Gasteiger partial charge is 0.489 e. The van der Waals surface area contributed by atoms with Crippen molar-refractivity contribution in [3.63, 3.8) is 0 Å². The molecule has 9 heteroatoms. The van der Waals surface area contributed by atoms with Crippen LogP contribution in [-0.2, 0) is 11.2 Å². The van der Waals surface area contributed by atoms with E-state index >= 15 is 0 Å². The first kappa shape index (κ1) is 24.2. The number of anilines is 1. The molecule has 4 heterocycles. The van der Waals surface area contributed by atoms with Crippen LogP contribution >= 0.6 is 11.3 Å². The molecule has 1 saturated heterocycles. The molecule has 1 saturated carbocycles. The van der Waals surface area contributed by atoms with E-state index in [2.05, 4.69) is 39.6 Å². The van der Waals surface area contributed by atoms with Gasteiger partial charge in [0.25, 0.3) is 0 Å². The molecule has 1 aromatic carbocycles. The fraction of sp³-hybridized carbons (Fsp3) is 0.429. The molecule has 2 N–H and O–H groups in total. The quantitative estimate of drug-likeness (QED) is 0.353. The molecule has 1 aliphatic heterocycles. The Hall–Kier alpha value is -3.14. The third kappa shape index (κ3) is 6.06. The smallest absolute Gasteiger partial charge is 0.223 e. The minimum Gasteiger partial charge on any atom is -0.489 e. The fourth-order valence-electron chi connectivity index (χ4n) is 4.98. The van der Waals surface area contributed by atoms with Gasteiger partial charge in [-0.2, -0.15) is 0 Å². The Labute approximate surface area is 220 Å². The van der Waals surface area contributed by atoms with Crippen LogP contribution in [0.3, 0.4) is 0 Å². The number of benzene rings is 1. The highest BCUT2D eigenvalue weighted by Gasteiger charge is 2.20. The van der Waals surface area contributed by atoms with Gasteiger partial charge < -0.3 is 19.9 Å². The number of nitrogens with one attached hydrogen (secondary N) is 1. The molecule has 0 unspecified atom stereocenters. The van der Waals surface area contributed by atoms with E-state index in [1.54, 1.807) is 23.7 Å². The van der Waals surface area contributed by atoms with Gasteiger partial charge in [-0.05, 0) is 55.5 Å². The highest BCUT2D eigenvalue weighted by molar-refractivity contribution is 7.18. The average molecular weight is 518 g/mol. The summed E-state index contributed by atoms with van der Waals surface area (Å²) in [6.45, 7) is 1.50. The Morgan fingerprint density at radius 1 is 0.973 bits per heavy atom. The average Bonchev–Trinajstić information content (AvgIpc) is 3.32. The molecule has 0 radical (unpaired) electrons. The van der Waals surface area contributed by atoms with Gasteiger partial charge in [-0.3, -0.25) is 4.98 Å². The van der Waals surface area contributed by atoms with Gasteiger partial charge >= 0.3 is 0 Å². The summed E-state index contributed by atoms with van der Waals surface area (Å²) in [7, 11) is 0. The van der Waals surface area contributed by atoms with Crippen LogP contribution in [0, 0.1) is 0 Å². The molecule has 8 nitrogen and oxygen atoms in total. The van der Waals surface area contributed by atoms with Gasteiger partial charge in [0.15, 0.2) is 0 Å².